The maximum Gasteiger partial charge on any atom is 0.242 e. The van der Waals surface area contributed by atoms with Crippen molar-refractivity contribution in [3.8, 4) is 0 Å². The molecule has 1 heterocycles. The lowest BCUT2D eigenvalue weighted by Crippen LogP contribution is -2.60. The van der Waals surface area contributed by atoms with Gasteiger partial charge in [-0.2, -0.15) is 0 Å². The van der Waals surface area contributed by atoms with Crippen molar-refractivity contribution < 1.29 is 14.3 Å². The Morgan fingerprint density at radius 3 is 2.47 bits per heavy atom. The van der Waals surface area contributed by atoms with Crippen molar-refractivity contribution in [3.05, 3.63) is 0 Å². The molecule has 1 aliphatic heterocycles. The van der Waals surface area contributed by atoms with E-state index in [1.165, 1.54) is 4.90 Å². The number of primary amides is 1. The van der Waals surface area contributed by atoms with Gasteiger partial charge in [0.25, 0.3) is 0 Å². The van der Waals surface area contributed by atoms with Crippen LogP contribution < -0.4 is 11.5 Å². The van der Waals surface area contributed by atoms with Crippen molar-refractivity contribution in [2.45, 2.75) is 32.9 Å². The lowest BCUT2D eigenvalue weighted by molar-refractivity contribution is -0.149. The fraction of sp³-hybridized carbons (Fsp3) is 0.818. The summed E-state index contributed by atoms with van der Waals surface area (Å²) in [6.45, 7) is 6.57. The highest BCUT2D eigenvalue weighted by atomic mass is 16.5. The van der Waals surface area contributed by atoms with Crippen molar-refractivity contribution in [1.82, 2.24) is 4.90 Å². The summed E-state index contributed by atoms with van der Waals surface area (Å²) in [6, 6.07) is -1.35. The number of hydrogen-bond donors (Lipinski definition) is 2. The van der Waals surface area contributed by atoms with Crippen LogP contribution in [0.4, 0.5) is 0 Å². The van der Waals surface area contributed by atoms with E-state index in [2.05, 4.69) is 0 Å². The van der Waals surface area contributed by atoms with Gasteiger partial charge in [-0.25, -0.2) is 0 Å². The van der Waals surface area contributed by atoms with Crippen LogP contribution in [0.25, 0.3) is 0 Å². The highest BCUT2D eigenvalue weighted by Crippen LogP contribution is 2.20. The van der Waals surface area contributed by atoms with Crippen molar-refractivity contribution >= 4 is 11.8 Å². The molecule has 98 valence electrons. The lowest BCUT2D eigenvalue weighted by Gasteiger charge is -2.38. The monoisotopic (exact) mass is 243 g/mol. The maximum absolute atomic E-state index is 12.2. The summed E-state index contributed by atoms with van der Waals surface area (Å²) in [5.41, 5.74) is 10.8. The second-order valence-corrected chi connectivity index (χ2v) is 5.37. The smallest absolute Gasteiger partial charge is 0.242 e. The molecule has 0 aliphatic carbocycles. The molecule has 1 saturated heterocycles. The van der Waals surface area contributed by atoms with E-state index < -0.39 is 18.0 Å². The van der Waals surface area contributed by atoms with Gasteiger partial charge in [-0.15, -0.1) is 0 Å². The van der Waals surface area contributed by atoms with Crippen LogP contribution in [0.3, 0.4) is 0 Å². The third kappa shape index (κ3) is 3.17. The molecule has 6 nitrogen and oxygen atoms in total. The zero-order chi connectivity index (χ0) is 13.2. The highest BCUT2D eigenvalue weighted by molar-refractivity contribution is 5.89. The number of rotatable bonds is 2. The molecule has 0 aromatic carbocycles. The van der Waals surface area contributed by atoms with Crippen LogP contribution in [0.1, 0.15) is 20.8 Å². The van der Waals surface area contributed by atoms with Crippen LogP contribution in [0.5, 0.6) is 0 Å². The molecule has 1 rings (SSSR count). The number of morpholine rings is 1. The van der Waals surface area contributed by atoms with E-state index in [-0.39, 0.29) is 17.9 Å². The molecule has 6 heteroatoms. The average Bonchev–Trinajstić information content (AvgIpc) is 2.25. The van der Waals surface area contributed by atoms with Gasteiger partial charge >= 0.3 is 0 Å². The molecule has 1 fully saturated rings. The van der Waals surface area contributed by atoms with Gasteiger partial charge in [0.05, 0.1) is 19.3 Å². The molecule has 17 heavy (non-hydrogen) atoms. The number of amides is 2. The molecule has 0 aromatic rings. The molecule has 0 saturated carbocycles. The van der Waals surface area contributed by atoms with Gasteiger partial charge in [-0.1, -0.05) is 20.8 Å². The van der Waals surface area contributed by atoms with Crippen LogP contribution in [0.2, 0.25) is 0 Å². The van der Waals surface area contributed by atoms with Crippen LogP contribution in [-0.2, 0) is 14.3 Å². The molecule has 2 atom stereocenters. The standard InChI is InChI=1S/C11H21N3O3/c1-11(2,3)8(12)10(16)14-4-5-17-6-7(14)9(13)15/h7-8H,4-6,12H2,1-3H3,(H2,13,15). The van der Waals surface area contributed by atoms with Gasteiger partial charge < -0.3 is 21.1 Å². The van der Waals surface area contributed by atoms with Gasteiger partial charge in [-0.05, 0) is 5.41 Å². The first kappa shape index (κ1) is 13.9. The number of carbonyl (C=O) groups is 2. The molecule has 2 unspecified atom stereocenters. The van der Waals surface area contributed by atoms with E-state index >= 15 is 0 Å². The SMILES string of the molecule is CC(C)(C)C(N)C(=O)N1CCOCC1C(N)=O. The summed E-state index contributed by atoms with van der Waals surface area (Å²) in [7, 11) is 0. The predicted octanol–water partition coefficient (Wildman–Crippen LogP) is -0.927. The fourth-order valence-corrected chi connectivity index (χ4v) is 1.65. The molecule has 0 spiro atoms. The Labute approximate surface area is 101 Å². The summed E-state index contributed by atoms with van der Waals surface area (Å²) in [5, 5.41) is 0. The normalized spacial score (nSPS) is 23.3. The predicted molar refractivity (Wildman–Crippen MR) is 62.9 cm³/mol. The second-order valence-electron chi connectivity index (χ2n) is 5.37. The minimum Gasteiger partial charge on any atom is -0.377 e. The molecule has 0 bridgehead atoms. The summed E-state index contributed by atoms with van der Waals surface area (Å²) in [4.78, 5) is 24.9. The topological polar surface area (TPSA) is 98.7 Å². The van der Waals surface area contributed by atoms with Crippen LogP contribution in [-0.4, -0.2) is 48.6 Å². The Balaban J connectivity index is 2.82. The Morgan fingerprint density at radius 1 is 1.41 bits per heavy atom. The van der Waals surface area contributed by atoms with Crippen LogP contribution >= 0.6 is 0 Å². The van der Waals surface area contributed by atoms with Gasteiger partial charge in [0.2, 0.25) is 11.8 Å². The quantitative estimate of drug-likeness (QED) is 0.654. The summed E-state index contributed by atoms with van der Waals surface area (Å²) in [6.07, 6.45) is 0. The third-order valence-corrected chi connectivity index (χ3v) is 2.94. The molecular formula is C11H21N3O3. The summed E-state index contributed by atoms with van der Waals surface area (Å²) < 4.78 is 5.15. The van der Waals surface area contributed by atoms with Crippen LogP contribution in [0, 0.1) is 5.41 Å². The fourth-order valence-electron chi connectivity index (χ4n) is 1.65. The van der Waals surface area contributed by atoms with Gasteiger partial charge in [-0.3, -0.25) is 9.59 Å². The molecule has 0 aromatic heterocycles. The maximum atomic E-state index is 12.2. The highest BCUT2D eigenvalue weighted by Gasteiger charge is 2.37. The number of nitrogens with zero attached hydrogens (tertiary/aromatic N) is 1. The van der Waals surface area contributed by atoms with Crippen LogP contribution in [0.15, 0.2) is 0 Å². The van der Waals surface area contributed by atoms with Gasteiger partial charge in [0, 0.05) is 6.54 Å². The third-order valence-electron chi connectivity index (χ3n) is 2.94. The zero-order valence-electron chi connectivity index (χ0n) is 10.6. The van der Waals surface area contributed by atoms with E-state index in [9.17, 15) is 9.59 Å². The van der Waals surface area contributed by atoms with Crippen molar-refractivity contribution in [3.63, 3.8) is 0 Å². The minimum absolute atomic E-state index is 0.151. The Morgan fingerprint density at radius 2 is 2.00 bits per heavy atom. The first-order valence-corrected chi connectivity index (χ1v) is 5.68. The lowest BCUT2D eigenvalue weighted by atomic mass is 9.86. The molecular weight excluding hydrogens is 222 g/mol. The van der Waals surface area contributed by atoms with Crippen molar-refractivity contribution in [2.75, 3.05) is 19.8 Å². The average molecular weight is 243 g/mol. The van der Waals surface area contributed by atoms with E-state index in [0.717, 1.165) is 0 Å². The first-order valence-electron chi connectivity index (χ1n) is 5.68. The Hall–Kier alpha value is -1.14. The molecule has 0 radical (unpaired) electrons. The largest absolute Gasteiger partial charge is 0.377 e. The van der Waals surface area contributed by atoms with Gasteiger partial charge in [0.1, 0.15) is 6.04 Å². The van der Waals surface area contributed by atoms with Crippen molar-refractivity contribution in [1.29, 1.82) is 0 Å². The summed E-state index contributed by atoms with van der Waals surface area (Å²) >= 11 is 0. The minimum atomic E-state index is -0.704. The van der Waals surface area contributed by atoms with Crippen molar-refractivity contribution in [2.24, 2.45) is 16.9 Å². The zero-order valence-corrected chi connectivity index (χ0v) is 10.6. The van der Waals surface area contributed by atoms with E-state index in [1.54, 1.807) is 0 Å². The first-order chi connectivity index (χ1) is 7.75. The summed E-state index contributed by atoms with van der Waals surface area (Å²) in [5.74, 6) is -0.802. The van der Waals surface area contributed by atoms with Gasteiger partial charge in [0.15, 0.2) is 0 Å². The number of carbonyl (C=O) groups excluding carboxylic acids is 2. The van der Waals surface area contributed by atoms with E-state index in [4.69, 9.17) is 16.2 Å². The molecule has 2 amide bonds. The number of hydrogen-bond acceptors (Lipinski definition) is 4. The molecule has 1 aliphatic rings. The Kier molecular flexibility index (Phi) is 4.11. The number of ether oxygens (including phenoxy) is 1. The molecule has 4 N–H and O–H groups in total. The van der Waals surface area contributed by atoms with E-state index in [1.807, 2.05) is 20.8 Å². The number of nitrogens with two attached hydrogens (primary N) is 2. The Bertz CT molecular complexity index is 312. The van der Waals surface area contributed by atoms with E-state index in [0.29, 0.717) is 13.2 Å². The second kappa shape index (κ2) is 5.01.